The second-order valence-electron chi connectivity index (χ2n) is 11.0. The molecule has 0 aromatic carbocycles. The maximum absolute atomic E-state index is 13.5. The van der Waals surface area contributed by atoms with E-state index in [1.807, 2.05) is 34.6 Å². The average molecular weight is 469 g/mol. The molecule has 184 valence electrons. The van der Waals surface area contributed by atoms with Gasteiger partial charge in [-0.25, -0.2) is 0 Å². The molecule has 0 spiro atoms. The van der Waals surface area contributed by atoms with Crippen LogP contribution in [0, 0.1) is 21.7 Å². The molecule has 0 radical (unpaired) electrons. The van der Waals surface area contributed by atoms with Crippen LogP contribution in [0.1, 0.15) is 55.4 Å². The van der Waals surface area contributed by atoms with Crippen molar-refractivity contribution in [2.45, 2.75) is 55.4 Å². The molecule has 1 atom stereocenters. The lowest BCUT2D eigenvalue weighted by molar-refractivity contribution is -0.896. The summed E-state index contributed by atoms with van der Waals surface area (Å²) in [5.74, 6) is -1.63. The van der Waals surface area contributed by atoms with Gasteiger partial charge in [0.05, 0.1) is 31.5 Å². The maximum atomic E-state index is 13.5. The van der Waals surface area contributed by atoms with E-state index >= 15 is 0 Å². The summed E-state index contributed by atoms with van der Waals surface area (Å²) in [6, 6.07) is 0. The summed E-state index contributed by atoms with van der Waals surface area (Å²) in [7, 11) is 0.304. The topological polar surface area (TPSA) is 116 Å². The van der Waals surface area contributed by atoms with Crippen molar-refractivity contribution in [2.24, 2.45) is 21.7 Å². The Labute approximate surface area is 187 Å². The van der Waals surface area contributed by atoms with E-state index in [9.17, 15) is 18.0 Å². The molecule has 0 saturated heterocycles. The number of rotatable bonds is 11. The molecule has 0 heterocycles. The largest absolute Gasteiger partial charge is 0.463 e. The van der Waals surface area contributed by atoms with Crippen LogP contribution in [0.3, 0.4) is 0 Å². The fraction of sp³-hybridized carbons (Fsp3) is 0.905. The minimum absolute atomic E-state index is 0.104. The zero-order valence-corrected chi connectivity index (χ0v) is 21.8. The summed E-state index contributed by atoms with van der Waals surface area (Å²) in [6.45, 7) is 14.7. The third-order valence-electron chi connectivity index (χ3n) is 6.81. The van der Waals surface area contributed by atoms with E-state index in [-0.39, 0.29) is 24.4 Å². The van der Waals surface area contributed by atoms with Crippen molar-refractivity contribution in [3.63, 3.8) is 0 Å². The summed E-state index contributed by atoms with van der Waals surface area (Å²) in [5.41, 5.74) is -3.79. The van der Waals surface area contributed by atoms with Crippen molar-refractivity contribution in [3.8, 4) is 0 Å². The minimum Gasteiger partial charge on any atom is -0.463 e. The lowest BCUT2D eigenvalue weighted by Crippen LogP contribution is -2.60. The predicted molar refractivity (Wildman–Crippen MR) is 117 cm³/mol. The van der Waals surface area contributed by atoms with Gasteiger partial charge in [-0.2, -0.15) is 8.42 Å². The van der Waals surface area contributed by atoms with E-state index in [1.54, 1.807) is 20.8 Å². The Hall–Kier alpha value is -1.23. The van der Waals surface area contributed by atoms with E-state index in [2.05, 4.69) is 0 Å². The third kappa shape index (κ3) is 6.87. The Bertz CT molecular complexity index is 750. The van der Waals surface area contributed by atoms with Crippen LogP contribution in [0.4, 0.5) is 0 Å². The van der Waals surface area contributed by atoms with Crippen LogP contribution in [-0.4, -0.2) is 76.4 Å². The van der Waals surface area contributed by atoms with Gasteiger partial charge in [-0.05, 0) is 31.6 Å². The van der Waals surface area contributed by atoms with E-state index in [4.69, 9.17) is 18.8 Å². The highest BCUT2D eigenvalue weighted by atomic mass is 32.2. The smallest absolute Gasteiger partial charge is 0.317 e. The molecule has 0 rings (SSSR count). The van der Waals surface area contributed by atoms with Crippen molar-refractivity contribution in [3.05, 3.63) is 0 Å². The van der Waals surface area contributed by atoms with Gasteiger partial charge < -0.3 is 14.2 Å². The number of hydrogen-bond donors (Lipinski definition) is 1. The van der Waals surface area contributed by atoms with Crippen molar-refractivity contribution >= 4 is 22.1 Å². The van der Waals surface area contributed by atoms with Crippen LogP contribution >= 0.6 is 0 Å². The summed E-state index contributed by atoms with van der Waals surface area (Å²) in [5, 5.41) is 0. The SMILES string of the molecule is COCCOC(=O)C(C)(C)C(C)(C)C(C)(C(=O)OC[N+](C)(C)CS(=O)(=O)O)C(C)(C)C. The molecule has 9 nitrogen and oxygen atoms in total. The first-order valence-corrected chi connectivity index (χ1v) is 11.8. The quantitative estimate of drug-likeness (QED) is 0.162. The molecular weight excluding hydrogens is 426 g/mol. The monoisotopic (exact) mass is 468 g/mol. The van der Waals surface area contributed by atoms with Gasteiger partial charge in [0.25, 0.3) is 0 Å². The number of quaternary nitrogens is 1. The normalized spacial score (nSPS) is 15.9. The molecule has 0 amide bonds. The summed E-state index contributed by atoms with van der Waals surface area (Å²) in [4.78, 5) is 26.4. The van der Waals surface area contributed by atoms with Crippen LogP contribution in [0.15, 0.2) is 0 Å². The minimum atomic E-state index is -4.26. The van der Waals surface area contributed by atoms with E-state index in [1.165, 1.54) is 21.2 Å². The first-order valence-electron chi connectivity index (χ1n) is 10.2. The molecule has 0 aliphatic carbocycles. The van der Waals surface area contributed by atoms with Gasteiger partial charge in [-0.15, -0.1) is 0 Å². The van der Waals surface area contributed by atoms with Crippen molar-refractivity contribution < 1.29 is 41.3 Å². The second kappa shape index (κ2) is 9.72. The molecule has 0 saturated carbocycles. The molecule has 0 aromatic heterocycles. The number of carbonyl (C=O) groups excluding carboxylic acids is 2. The number of nitrogens with zero attached hydrogens (tertiary/aromatic N) is 1. The fourth-order valence-electron chi connectivity index (χ4n) is 3.63. The molecule has 1 N–H and O–H groups in total. The Balaban J connectivity index is 6.01. The Morgan fingerprint density at radius 2 is 1.35 bits per heavy atom. The standard InChI is InChI=1S/C21H41NO8S/c1-18(2,3)21(8,17(24)30-14-22(9,10)15-31(25,26)27)20(6,7)19(4,5)16(23)29-13-12-28-11/h12-15H2,1-11H3/p+1. The summed E-state index contributed by atoms with van der Waals surface area (Å²) >= 11 is 0. The maximum Gasteiger partial charge on any atom is 0.317 e. The van der Waals surface area contributed by atoms with Gasteiger partial charge in [0.15, 0.2) is 0 Å². The third-order valence-corrected chi connectivity index (χ3v) is 7.83. The fourth-order valence-corrected chi connectivity index (χ4v) is 4.59. The van der Waals surface area contributed by atoms with Crippen LogP contribution in [-0.2, 0) is 33.9 Å². The van der Waals surface area contributed by atoms with Gasteiger partial charge in [0, 0.05) is 7.11 Å². The average Bonchev–Trinajstić information content (AvgIpc) is 2.55. The van der Waals surface area contributed by atoms with Crippen LogP contribution < -0.4 is 0 Å². The van der Waals surface area contributed by atoms with Crippen molar-refractivity contribution in [1.29, 1.82) is 0 Å². The molecule has 0 aliphatic rings. The zero-order chi connectivity index (χ0) is 25.1. The molecule has 1 unspecified atom stereocenters. The van der Waals surface area contributed by atoms with E-state index in [0.717, 1.165) is 0 Å². The zero-order valence-electron chi connectivity index (χ0n) is 21.0. The first-order chi connectivity index (χ1) is 13.6. The summed E-state index contributed by atoms with van der Waals surface area (Å²) < 4.78 is 47.3. The Morgan fingerprint density at radius 3 is 1.74 bits per heavy atom. The number of methoxy groups -OCH3 is 1. The number of hydrogen-bond acceptors (Lipinski definition) is 7. The molecule has 0 bridgehead atoms. The lowest BCUT2D eigenvalue weighted by atomic mass is 9.47. The van der Waals surface area contributed by atoms with E-state index in [0.29, 0.717) is 0 Å². The molecule has 10 heteroatoms. The summed E-state index contributed by atoms with van der Waals surface area (Å²) in [6.07, 6.45) is 0. The highest BCUT2D eigenvalue weighted by Crippen LogP contribution is 2.60. The van der Waals surface area contributed by atoms with E-state index < -0.39 is 49.6 Å². The first kappa shape index (κ1) is 29.8. The molecule has 0 aromatic rings. The molecule has 0 aliphatic heterocycles. The Kier molecular flexibility index (Phi) is 9.34. The predicted octanol–water partition coefficient (Wildman–Crippen LogP) is 2.70. The highest BCUT2D eigenvalue weighted by molar-refractivity contribution is 7.85. The number of esters is 2. The second-order valence-corrected chi connectivity index (χ2v) is 12.4. The van der Waals surface area contributed by atoms with Gasteiger partial charge in [-0.1, -0.05) is 34.6 Å². The number of carbonyl (C=O) groups is 2. The van der Waals surface area contributed by atoms with Crippen molar-refractivity contribution in [2.75, 3.05) is 47.0 Å². The Morgan fingerprint density at radius 1 is 0.871 bits per heavy atom. The molecular formula is C21H42NO8S+. The lowest BCUT2D eigenvalue weighted by Gasteiger charge is -2.56. The van der Waals surface area contributed by atoms with Gasteiger partial charge in [0.2, 0.25) is 12.6 Å². The van der Waals surface area contributed by atoms with Crippen LogP contribution in [0.2, 0.25) is 0 Å². The van der Waals surface area contributed by atoms with Gasteiger partial charge in [-0.3, -0.25) is 18.6 Å². The molecule has 0 fully saturated rings. The molecule has 31 heavy (non-hydrogen) atoms. The van der Waals surface area contributed by atoms with Crippen molar-refractivity contribution in [1.82, 2.24) is 0 Å². The van der Waals surface area contributed by atoms with Gasteiger partial charge >= 0.3 is 22.1 Å². The van der Waals surface area contributed by atoms with Gasteiger partial charge in [0.1, 0.15) is 6.61 Å². The number of ether oxygens (including phenoxy) is 3. The van der Waals surface area contributed by atoms with Crippen LogP contribution in [0.25, 0.3) is 0 Å². The van der Waals surface area contributed by atoms with Crippen LogP contribution in [0.5, 0.6) is 0 Å². The highest BCUT2D eigenvalue weighted by Gasteiger charge is 2.63.